The molecule has 22 heavy (non-hydrogen) atoms. The topological polar surface area (TPSA) is 81.7 Å². The van der Waals surface area contributed by atoms with Crippen molar-refractivity contribution in [2.45, 2.75) is 32.4 Å². The molecule has 3 N–H and O–H groups in total. The first kappa shape index (κ1) is 16.9. The van der Waals surface area contributed by atoms with Crippen molar-refractivity contribution in [2.24, 2.45) is 0 Å². The van der Waals surface area contributed by atoms with Crippen LogP contribution in [0.4, 0.5) is 0 Å². The summed E-state index contributed by atoms with van der Waals surface area (Å²) in [5, 5.41) is 16.8. The van der Waals surface area contributed by atoms with E-state index < -0.39 is 5.97 Å². The van der Waals surface area contributed by atoms with Crippen LogP contribution in [0.2, 0.25) is 0 Å². The molecule has 0 radical (unpaired) electrons. The molecule has 2 rings (SSSR count). The lowest BCUT2D eigenvalue weighted by Crippen LogP contribution is -2.47. The number of amides is 1. The molecule has 1 atom stereocenters. The zero-order valence-corrected chi connectivity index (χ0v) is 13.8. The van der Waals surface area contributed by atoms with E-state index in [0.29, 0.717) is 19.6 Å². The molecule has 0 aromatic carbocycles. The van der Waals surface area contributed by atoms with Crippen LogP contribution in [0.3, 0.4) is 0 Å². The second-order valence-corrected chi connectivity index (χ2v) is 7.07. The van der Waals surface area contributed by atoms with Gasteiger partial charge in [0.05, 0.1) is 19.6 Å². The molecule has 1 saturated heterocycles. The van der Waals surface area contributed by atoms with Gasteiger partial charge in [-0.25, -0.2) is 0 Å². The number of carbonyl (C=O) groups excluding carboxylic acids is 1. The summed E-state index contributed by atoms with van der Waals surface area (Å²) in [6.07, 6.45) is 0.845. The van der Waals surface area contributed by atoms with E-state index in [1.165, 1.54) is 10.4 Å². The number of aliphatic carboxylic acids is 1. The van der Waals surface area contributed by atoms with Crippen LogP contribution in [0.15, 0.2) is 11.4 Å². The van der Waals surface area contributed by atoms with Gasteiger partial charge >= 0.3 is 5.97 Å². The van der Waals surface area contributed by atoms with Crippen LogP contribution in [0, 0.1) is 6.92 Å². The fourth-order valence-corrected chi connectivity index (χ4v) is 3.49. The summed E-state index contributed by atoms with van der Waals surface area (Å²) in [7, 11) is 0. The summed E-state index contributed by atoms with van der Waals surface area (Å²) in [6.45, 7) is 6.41. The Kier molecular flexibility index (Phi) is 5.55. The normalized spacial score (nSPS) is 21.9. The van der Waals surface area contributed by atoms with Crippen LogP contribution in [0.25, 0.3) is 0 Å². The zero-order valence-electron chi connectivity index (χ0n) is 13.0. The fourth-order valence-electron chi connectivity index (χ4n) is 2.65. The molecule has 1 fully saturated rings. The van der Waals surface area contributed by atoms with Crippen LogP contribution >= 0.6 is 11.3 Å². The molecule has 0 bridgehead atoms. The molecule has 1 aliphatic heterocycles. The molecule has 0 unspecified atom stereocenters. The van der Waals surface area contributed by atoms with E-state index in [9.17, 15) is 9.59 Å². The first-order chi connectivity index (χ1) is 10.4. The average Bonchev–Trinajstić information content (AvgIpc) is 3.01. The van der Waals surface area contributed by atoms with Crippen molar-refractivity contribution >= 4 is 23.2 Å². The highest BCUT2D eigenvalue weighted by molar-refractivity contribution is 7.10. The summed E-state index contributed by atoms with van der Waals surface area (Å²) in [6, 6.07) is 2.05. The molecular formula is C15H23N3O3S. The number of thiophene rings is 1. The van der Waals surface area contributed by atoms with E-state index in [0.717, 1.165) is 13.0 Å². The number of aryl methyl sites for hydroxylation is 1. The third-order valence-corrected chi connectivity index (χ3v) is 5.02. The van der Waals surface area contributed by atoms with Crippen LogP contribution in [0.5, 0.6) is 0 Å². The minimum atomic E-state index is -0.858. The van der Waals surface area contributed by atoms with Gasteiger partial charge in [-0.3, -0.25) is 14.5 Å². The van der Waals surface area contributed by atoms with Gasteiger partial charge in [0.15, 0.2) is 0 Å². The van der Waals surface area contributed by atoms with Gasteiger partial charge in [0.1, 0.15) is 0 Å². The lowest BCUT2D eigenvalue weighted by Gasteiger charge is -2.25. The smallest absolute Gasteiger partial charge is 0.317 e. The van der Waals surface area contributed by atoms with Crippen LogP contribution in [0.1, 0.15) is 23.8 Å². The highest BCUT2D eigenvalue weighted by Crippen LogP contribution is 2.20. The summed E-state index contributed by atoms with van der Waals surface area (Å²) in [5.41, 5.74) is 0.972. The molecule has 1 aromatic rings. The summed E-state index contributed by atoms with van der Waals surface area (Å²) < 4.78 is 0. The monoisotopic (exact) mass is 325 g/mol. The summed E-state index contributed by atoms with van der Waals surface area (Å²) in [5.74, 6) is -0.848. The standard InChI is InChI=1S/C15H23N3O3S/c1-11-3-6-22-12(11)7-16-13(19)9-18-5-4-15(2,10-18)17-8-14(20)21/h3,6,17H,4-5,7-10H2,1-2H3,(H,16,19)(H,20,21)/t15-/m1/s1. The van der Waals surface area contributed by atoms with Crippen LogP contribution in [-0.2, 0) is 16.1 Å². The Morgan fingerprint density at radius 3 is 2.91 bits per heavy atom. The van der Waals surface area contributed by atoms with Crippen LogP contribution < -0.4 is 10.6 Å². The minimum absolute atomic E-state index is 0.00952. The Morgan fingerprint density at radius 1 is 1.50 bits per heavy atom. The number of hydrogen-bond donors (Lipinski definition) is 3. The minimum Gasteiger partial charge on any atom is -0.480 e. The van der Waals surface area contributed by atoms with Gasteiger partial charge in [0.25, 0.3) is 0 Å². The van der Waals surface area contributed by atoms with Crippen molar-refractivity contribution in [1.29, 1.82) is 0 Å². The number of nitrogens with one attached hydrogen (secondary N) is 2. The van der Waals surface area contributed by atoms with E-state index in [2.05, 4.69) is 15.5 Å². The number of nitrogens with zero attached hydrogens (tertiary/aromatic N) is 1. The number of carboxylic acids is 1. The Labute approximate surface area is 134 Å². The molecule has 7 heteroatoms. The number of carbonyl (C=O) groups is 2. The number of carboxylic acid groups (broad SMARTS) is 1. The Balaban J connectivity index is 1.74. The Morgan fingerprint density at radius 2 is 2.27 bits per heavy atom. The van der Waals surface area contributed by atoms with Crippen molar-refractivity contribution in [2.75, 3.05) is 26.2 Å². The van der Waals surface area contributed by atoms with Crippen LogP contribution in [-0.4, -0.2) is 53.6 Å². The van der Waals surface area contributed by atoms with E-state index in [4.69, 9.17) is 5.11 Å². The van der Waals surface area contributed by atoms with Gasteiger partial charge in [-0.2, -0.15) is 0 Å². The zero-order chi connectivity index (χ0) is 16.2. The van der Waals surface area contributed by atoms with Gasteiger partial charge in [-0.15, -0.1) is 11.3 Å². The first-order valence-corrected chi connectivity index (χ1v) is 8.25. The lowest BCUT2D eigenvalue weighted by atomic mass is 10.0. The predicted molar refractivity (Wildman–Crippen MR) is 86.0 cm³/mol. The van der Waals surface area contributed by atoms with Crippen molar-refractivity contribution in [1.82, 2.24) is 15.5 Å². The second kappa shape index (κ2) is 7.21. The molecule has 1 aromatic heterocycles. The third kappa shape index (κ3) is 4.79. The van der Waals surface area contributed by atoms with Gasteiger partial charge in [-0.1, -0.05) is 0 Å². The predicted octanol–water partition coefficient (Wildman–Crippen LogP) is 0.811. The van der Waals surface area contributed by atoms with Gasteiger partial charge in [0, 0.05) is 23.5 Å². The van der Waals surface area contributed by atoms with Crippen molar-refractivity contribution in [3.8, 4) is 0 Å². The fraction of sp³-hybridized carbons (Fsp3) is 0.600. The van der Waals surface area contributed by atoms with E-state index in [-0.39, 0.29) is 18.0 Å². The van der Waals surface area contributed by atoms with E-state index in [1.54, 1.807) is 11.3 Å². The quantitative estimate of drug-likeness (QED) is 0.691. The second-order valence-electron chi connectivity index (χ2n) is 6.07. The SMILES string of the molecule is Cc1ccsc1CNC(=O)CN1CC[C@@](C)(NCC(=O)O)C1. The number of likely N-dealkylation sites (tertiary alicyclic amines) is 1. The average molecular weight is 325 g/mol. The molecule has 0 saturated carbocycles. The Hall–Kier alpha value is -1.44. The third-order valence-electron chi connectivity index (χ3n) is 4.00. The molecule has 122 valence electrons. The highest BCUT2D eigenvalue weighted by Gasteiger charge is 2.34. The van der Waals surface area contributed by atoms with Crippen molar-refractivity contribution < 1.29 is 14.7 Å². The molecule has 1 amide bonds. The molecule has 6 nitrogen and oxygen atoms in total. The first-order valence-electron chi connectivity index (χ1n) is 7.37. The molecule has 1 aliphatic rings. The van der Waals surface area contributed by atoms with Gasteiger partial charge in [0.2, 0.25) is 5.91 Å². The maximum absolute atomic E-state index is 12.0. The lowest BCUT2D eigenvalue weighted by molar-refractivity contribution is -0.136. The number of hydrogen-bond acceptors (Lipinski definition) is 5. The van der Waals surface area contributed by atoms with Crippen molar-refractivity contribution in [3.63, 3.8) is 0 Å². The van der Waals surface area contributed by atoms with E-state index in [1.807, 2.05) is 25.3 Å². The maximum atomic E-state index is 12.0. The van der Waals surface area contributed by atoms with Gasteiger partial charge < -0.3 is 15.7 Å². The van der Waals surface area contributed by atoms with Gasteiger partial charge in [-0.05, 0) is 37.3 Å². The Bertz CT molecular complexity index is 546. The largest absolute Gasteiger partial charge is 0.480 e. The summed E-state index contributed by atoms with van der Waals surface area (Å²) in [4.78, 5) is 25.9. The number of rotatable bonds is 7. The molecule has 0 aliphatic carbocycles. The molecule has 2 heterocycles. The molecular weight excluding hydrogens is 302 g/mol. The van der Waals surface area contributed by atoms with E-state index >= 15 is 0 Å². The summed E-state index contributed by atoms with van der Waals surface area (Å²) >= 11 is 1.65. The maximum Gasteiger partial charge on any atom is 0.317 e. The molecule has 0 spiro atoms. The highest BCUT2D eigenvalue weighted by atomic mass is 32.1. The van der Waals surface area contributed by atoms with Crippen molar-refractivity contribution in [3.05, 3.63) is 21.9 Å².